The average Bonchev–Trinajstić information content (AvgIpc) is 2.97. The number of aliphatic hydroxyl groups is 1. The SMILES string of the molecule is CC(C)Nc1nc2c(c(=O)[nH]c(=O)n2C)n1CC(O)COc1ccc(Cl)cc1. The summed E-state index contributed by atoms with van der Waals surface area (Å²) in [5.41, 5.74) is -0.670. The Labute approximate surface area is 165 Å². The molecule has 3 rings (SSSR count). The number of anilines is 1. The zero-order chi connectivity index (χ0) is 20.4. The van der Waals surface area contributed by atoms with Crippen molar-refractivity contribution in [2.45, 2.75) is 32.5 Å². The van der Waals surface area contributed by atoms with Crippen molar-refractivity contribution in [2.75, 3.05) is 11.9 Å². The van der Waals surface area contributed by atoms with Crippen LogP contribution in [0.25, 0.3) is 11.2 Å². The largest absolute Gasteiger partial charge is 0.491 e. The van der Waals surface area contributed by atoms with E-state index in [0.717, 1.165) is 0 Å². The number of fused-ring (bicyclic) bond motifs is 1. The van der Waals surface area contributed by atoms with E-state index in [9.17, 15) is 14.7 Å². The Balaban J connectivity index is 1.89. The molecule has 150 valence electrons. The molecule has 0 spiro atoms. The molecule has 0 saturated heterocycles. The highest BCUT2D eigenvalue weighted by Gasteiger charge is 2.20. The number of imidazole rings is 1. The van der Waals surface area contributed by atoms with Gasteiger partial charge in [0.15, 0.2) is 11.2 Å². The van der Waals surface area contributed by atoms with Gasteiger partial charge in [0.2, 0.25) is 5.95 Å². The van der Waals surface area contributed by atoms with Crippen LogP contribution in [0, 0.1) is 0 Å². The number of ether oxygens (including phenoxy) is 1. The lowest BCUT2D eigenvalue weighted by Crippen LogP contribution is -2.31. The van der Waals surface area contributed by atoms with E-state index in [1.807, 2.05) is 13.8 Å². The Morgan fingerprint density at radius 1 is 1.29 bits per heavy atom. The van der Waals surface area contributed by atoms with Gasteiger partial charge < -0.3 is 19.7 Å². The van der Waals surface area contributed by atoms with Crippen molar-refractivity contribution in [3.8, 4) is 5.75 Å². The number of nitrogens with zero attached hydrogens (tertiary/aromatic N) is 3. The molecule has 10 heteroatoms. The summed E-state index contributed by atoms with van der Waals surface area (Å²) in [6.45, 7) is 3.91. The molecule has 3 N–H and O–H groups in total. The Bertz CT molecular complexity index is 1080. The second-order valence-corrected chi connectivity index (χ2v) is 7.19. The van der Waals surface area contributed by atoms with Crippen molar-refractivity contribution in [2.24, 2.45) is 7.05 Å². The molecule has 0 bridgehead atoms. The maximum atomic E-state index is 12.4. The fourth-order valence-corrected chi connectivity index (χ4v) is 2.89. The van der Waals surface area contributed by atoms with Gasteiger partial charge in [0, 0.05) is 18.1 Å². The molecule has 0 radical (unpaired) electrons. The summed E-state index contributed by atoms with van der Waals surface area (Å²) in [6.07, 6.45) is -0.919. The number of aromatic nitrogens is 4. The topological polar surface area (TPSA) is 114 Å². The lowest BCUT2D eigenvalue weighted by Gasteiger charge is -2.17. The number of rotatable bonds is 7. The maximum Gasteiger partial charge on any atom is 0.329 e. The molecule has 0 aliphatic carbocycles. The first-order chi connectivity index (χ1) is 13.3. The Hall–Kier alpha value is -2.78. The molecule has 9 nitrogen and oxygen atoms in total. The number of nitrogens with one attached hydrogen (secondary N) is 2. The summed E-state index contributed by atoms with van der Waals surface area (Å²) < 4.78 is 8.39. The standard InChI is InChI=1S/C18H22ClN5O4/c1-10(2)20-17-21-15-14(16(26)22-18(27)23(15)3)24(17)8-12(25)9-28-13-6-4-11(19)5-7-13/h4-7,10,12,25H,8-9H2,1-3H3,(H,20,21)(H,22,26,27). The number of hydrogen-bond acceptors (Lipinski definition) is 6. The minimum absolute atomic E-state index is 0.00604. The molecule has 3 aromatic rings. The van der Waals surface area contributed by atoms with Crippen molar-refractivity contribution in [3.05, 3.63) is 50.1 Å². The molecule has 1 atom stereocenters. The normalized spacial score (nSPS) is 12.5. The van der Waals surface area contributed by atoms with Crippen molar-refractivity contribution >= 4 is 28.7 Å². The monoisotopic (exact) mass is 407 g/mol. The van der Waals surface area contributed by atoms with Gasteiger partial charge in [-0.05, 0) is 38.1 Å². The zero-order valence-electron chi connectivity index (χ0n) is 15.8. The predicted octanol–water partition coefficient (Wildman–Crippen LogP) is 1.34. The van der Waals surface area contributed by atoms with E-state index in [-0.39, 0.29) is 30.4 Å². The summed E-state index contributed by atoms with van der Waals surface area (Å²) in [4.78, 5) is 30.9. The Morgan fingerprint density at radius 3 is 2.61 bits per heavy atom. The van der Waals surface area contributed by atoms with Crippen LogP contribution in [0.4, 0.5) is 5.95 Å². The summed E-state index contributed by atoms with van der Waals surface area (Å²) in [5.74, 6) is 0.960. The predicted molar refractivity (Wildman–Crippen MR) is 107 cm³/mol. The number of benzene rings is 1. The average molecular weight is 408 g/mol. The van der Waals surface area contributed by atoms with Gasteiger partial charge in [-0.1, -0.05) is 11.6 Å². The van der Waals surface area contributed by atoms with Gasteiger partial charge in [-0.3, -0.25) is 14.3 Å². The third kappa shape index (κ3) is 4.20. The summed E-state index contributed by atoms with van der Waals surface area (Å²) >= 11 is 5.84. The summed E-state index contributed by atoms with van der Waals surface area (Å²) in [7, 11) is 1.52. The molecule has 28 heavy (non-hydrogen) atoms. The molecule has 0 saturated carbocycles. The van der Waals surface area contributed by atoms with E-state index < -0.39 is 17.4 Å². The molecule has 0 aliphatic rings. The van der Waals surface area contributed by atoms with Gasteiger partial charge in [-0.25, -0.2) is 4.79 Å². The van der Waals surface area contributed by atoms with Crippen molar-refractivity contribution in [1.29, 1.82) is 0 Å². The van der Waals surface area contributed by atoms with Crippen LogP contribution in [0.5, 0.6) is 5.75 Å². The second-order valence-electron chi connectivity index (χ2n) is 6.75. The molecule has 1 aromatic carbocycles. The van der Waals surface area contributed by atoms with Crippen molar-refractivity contribution < 1.29 is 9.84 Å². The number of aromatic amines is 1. The van der Waals surface area contributed by atoms with Crippen LogP contribution in [0.3, 0.4) is 0 Å². The van der Waals surface area contributed by atoms with Crippen LogP contribution in [-0.2, 0) is 13.6 Å². The highest BCUT2D eigenvalue weighted by molar-refractivity contribution is 6.30. The number of H-pyrrole nitrogens is 1. The molecule has 1 unspecified atom stereocenters. The third-order valence-corrected chi connectivity index (χ3v) is 4.33. The van der Waals surface area contributed by atoms with Gasteiger partial charge in [-0.15, -0.1) is 0 Å². The van der Waals surface area contributed by atoms with Crippen LogP contribution in [0.1, 0.15) is 13.8 Å². The van der Waals surface area contributed by atoms with Crippen LogP contribution in [0.2, 0.25) is 5.02 Å². The van der Waals surface area contributed by atoms with Gasteiger partial charge >= 0.3 is 5.69 Å². The van der Waals surface area contributed by atoms with E-state index in [1.165, 1.54) is 11.6 Å². The third-order valence-electron chi connectivity index (χ3n) is 4.07. The second kappa shape index (κ2) is 8.07. The molecule has 0 fully saturated rings. The Kier molecular flexibility index (Phi) is 5.76. The first-order valence-electron chi connectivity index (χ1n) is 8.78. The minimum atomic E-state index is -0.919. The quantitative estimate of drug-likeness (QED) is 0.544. The molecular weight excluding hydrogens is 386 g/mol. The molecular formula is C18H22ClN5O4. The summed E-state index contributed by atoms with van der Waals surface area (Å²) in [5, 5.41) is 14.2. The van der Waals surface area contributed by atoms with Crippen LogP contribution >= 0.6 is 11.6 Å². The highest BCUT2D eigenvalue weighted by atomic mass is 35.5. The van der Waals surface area contributed by atoms with E-state index in [4.69, 9.17) is 16.3 Å². The lowest BCUT2D eigenvalue weighted by molar-refractivity contribution is 0.0938. The van der Waals surface area contributed by atoms with E-state index in [0.29, 0.717) is 16.7 Å². The van der Waals surface area contributed by atoms with Crippen molar-refractivity contribution in [1.82, 2.24) is 19.1 Å². The van der Waals surface area contributed by atoms with Gasteiger partial charge in [0.25, 0.3) is 5.56 Å². The number of aryl methyl sites for hydroxylation is 1. The van der Waals surface area contributed by atoms with E-state index >= 15 is 0 Å². The Morgan fingerprint density at radius 2 is 1.96 bits per heavy atom. The van der Waals surface area contributed by atoms with Crippen LogP contribution in [0.15, 0.2) is 33.9 Å². The van der Waals surface area contributed by atoms with Crippen molar-refractivity contribution in [3.63, 3.8) is 0 Å². The van der Waals surface area contributed by atoms with Crippen LogP contribution in [-0.4, -0.2) is 43.0 Å². The number of aliphatic hydroxyl groups excluding tert-OH is 1. The number of halogens is 1. The molecule has 2 heterocycles. The van der Waals surface area contributed by atoms with Gasteiger partial charge in [0.1, 0.15) is 18.5 Å². The zero-order valence-corrected chi connectivity index (χ0v) is 16.5. The number of hydrogen-bond donors (Lipinski definition) is 3. The van der Waals surface area contributed by atoms with Crippen LogP contribution < -0.4 is 21.3 Å². The van der Waals surface area contributed by atoms with Gasteiger partial charge in [-0.2, -0.15) is 4.98 Å². The fraction of sp³-hybridized carbons (Fsp3) is 0.389. The molecule has 2 aromatic heterocycles. The minimum Gasteiger partial charge on any atom is -0.491 e. The first-order valence-corrected chi connectivity index (χ1v) is 9.16. The fourth-order valence-electron chi connectivity index (χ4n) is 2.77. The highest BCUT2D eigenvalue weighted by Crippen LogP contribution is 2.18. The lowest BCUT2D eigenvalue weighted by atomic mass is 10.3. The smallest absolute Gasteiger partial charge is 0.329 e. The summed E-state index contributed by atoms with van der Waals surface area (Å²) in [6, 6.07) is 6.82. The molecule has 0 aliphatic heterocycles. The molecule has 0 amide bonds. The van der Waals surface area contributed by atoms with Gasteiger partial charge in [0.05, 0.1) is 6.54 Å². The first kappa shape index (κ1) is 20.0. The van der Waals surface area contributed by atoms with E-state index in [1.54, 1.807) is 28.8 Å². The maximum absolute atomic E-state index is 12.4. The van der Waals surface area contributed by atoms with E-state index in [2.05, 4.69) is 15.3 Å².